The molecule has 0 saturated heterocycles. The van der Waals surface area contributed by atoms with E-state index in [0.29, 0.717) is 12.5 Å². The largest absolute Gasteiger partial charge is 0.396 e. The molecule has 0 bridgehead atoms. The molecule has 0 aliphatic heterocycles. The molecule has 2 heteroatoms. The Kier molecular flexibility index (Phi) is 4.62. The zero-order valence-corrected chi connectivity index (χ0v) is 8.05. The average Bonchev–Trinajstić information content (AvgIpc) is 2.00. The minimum atomic E-state index is 0.302. The fourth-order valence-electron chi connectivity index (χ4n) is 1.50. The molecule has 1 aliphatic carbocycles. The lowest BCUT2D eigenvalue weighted by molar-refractivity contribution is 0.230. The van der Waals surface area contributed by atoms with Crippen LogP contribution in [0.25, 0.3) is 0 Å². The molecule has 0 spiro atoms. The number of nitrogens with one attached hydrogen (secondary N) is 1. The molecule has 1 atom stereocenters. The van der Waals surface area contributed by atoms with E-state index in [1.807, 2.05) is 0 Å². The molecule has 1 aliphatic rings. The summed E-state index contributed by atoms with van der Waals surface area (Å²) in [6.45, 7) is 4.46. The smallest absolute Gasteiger partial charge is 0.0468 e. The van der Waals surface area contributed by atoms with E-state index in [2.05, 4.69) is 12.2 Å². The predicted molar refractivity (Wildman–Crippen MR) is 51.1 cm³/mol. The fourth-order valence-corrected chi connectivity index (χ4v) is 1.50. The summed E-state index contributed by atoms with van der Waals surface area (Å²) < 4.78 is 0. The van der Waals surface area contributed by atoms with Crippen LogP contribution in [0.5, 0.6) is 0 Å². The van der Waals surface area contributed by atoms with Gasteiger partial charge in [-0.25, -0.2) is 0 Å². The normalized spacial score (nSPS) is 20.5. The van der Waals surface area contributed by atoms with Crippen molar-refractivity contribution in [2.75, 3.05) is 19.7 Å². The Morgan fingerprint density at radius 3 is 2.75 bits per heavy atom. The predicted octanol–water partition coefficient (Wildman–Crippen LogP) is 1.39. The van der Waals surface area contributed by atoms with Crippen LogP contribution in [0, 0.1) is 11.8 Å². The van der Waals surface area contributed by atoms with E-state index in [1.165, 1.54) is 25.7 Å². The number of rotatable bonds is 6. The van der Waals surface area contributed by atoms with Gasteiger partial charge in [0.2, 0.25) is 0 Å². The molecule has 72 valence electrons. The summed E-state index contributed by atoms with van der Waals surface area (Å²) in [5.41, 5.74) is 0. The first-order valence-corrected chi connectivity index (χ1v) is 5.14. The van der Waals surface area contributed by atoms with E-state index in [1.54, 1.807) is 0 Å². The number of hydrogen-bond acceptors (Lipinski definition) is 2. The van der Waals surface area contributed by atoms with Crippen LogP contribution in [-0.4, -0.2) is 24.8 Å². The van der Waals surface area contributed by atoms with Gasteiger partial charge >= 0.3 is 0 Å². The van der Waals surface area contributed by atoms with Crippen molar-refractivity contribution in [3.8, 4) is 0 Å². The lowest BCUT2D eigenvalue weighted by Gasteiger charge is -2.25. The Bertz CT molecular complexity index is 106. The van der Waals surface area contributed by atoms with E-state index < -0.39 is 0 Å². The third kappa shape index (κ3) is 3.55. The summed E-state index contributed by atoms with van der Waals surface area (Å²) in [5.74, 6) is 1.41. The topological polar surface area (TPSA) is 32.3 Å². The van der Waals surface area contributed by atoms with Crippen LogP contribution >= 0.6 is 0 Å². The van der Waals surface area contributed by atoms with E-state index in [0.717, 1.165) is 19.0 Å². The summed E-state index contributed by atoms with van der Waals surface area (Å²) in [4.78, 5) is 0. The highest BCUT2D eigenvalue weighted by molar-refractivity contribution is 4.70. The van der Waals surface area contributed by atoms with Crippen molar-refractivity contribution >= 4 is 0 Å². The molecule has 2 nitrogen and oxygen atoms in total. The molecule has 0 radical (unpaired) electrons. The van der Waals surface area contributed by atoms with Crippen LogP contribution < -0.4 is 5.32 Å². The van der Waals surface area contributed by atoms with E-state index >= 15 is 0 Å². The van der Waals surface area contributed by atoms with Gasteiger partial charge in [0, 0.05) is 6.61 Å². The van der Waals surface area contributed by atoms with E-state index in [-0.39, 0.29) is 0 Å². The van der Waals surface area contributed by atoms with Gasteiger partial charge in [0.15, 0.2) is 0 Å². The van der Waals surface area contributed by atoms with Crippen molar-refractivity contribution < 1.29 is 5.11 Å². The maximum absolute atomic E-state index is 8.76. The Morgan fingerprint density at radius 1 is 1.50 bits per heavy atom. The molecule has 2 N–H and O–H groups in total. The maximum atomic E-state index is 8.76. The molecule has 0 heterocycles. The molecule has 0 amide bonds. The molecule has 1 saturated carbocycles. The van der Waals surface area contributed by atoms with Gasteiger partial charge in [0.05, 0.1) is 0 Å². The zero-order valence-electron chi connectivity index (χ0n) is 8.05. The highest BCUT2D eigenvalue weighted by atomic mass is 16.3. The second-order valence-corrected chi connectivity index (χ2v) is 4.08. The van der Waals surface area contributed by atoms with Crippen molar-refractivity contribution in [1.29, 1.82) is 0 Å². The van der Waals surface area contributed by atoms with Crippen molar-refractivity contribution in [3.05, 3.63) is 0 Å². The lowest BCUT2D eigenvalue weighted by Crippen LogP contribution is -2.26. The van der Waals surface area contributed by atoms with Crippen molar-refractivity contribution in [3.63, 3.8) is 0 Å². The molecule has 0 aromatic rings. The number of hydrogen-bond donors (Lipinski definition) is 2. The van der Waals surface area contributed by atoms with Gasteiger partial charge in [-0.1, -0.05) is 26.2 Å². The number of aliphatic hydroxyl groups excluding tert-OH is 1. The van der Waals surface area contributed by atoms with E-state index in [4.69, 9.17) is 5.11 Å². The van der Waals surface area contributed by atoms with Gasteiger partial charge in [0.1, 0.15) is 0 Å². The van der Waals surface area contributed by atoms with Crippen LogP contribution in [0.15, 0.2) is 0 Å². The Labute approximate surface area is 75.4 Å². The third-order valence-electron chi connectivity index (χ3n) is 2.76. The molecular weight excluding hydrogens is 150 g/mol. The third-order valence-corrected chi connectivity index (χ3v) is 2.76. The maximum Gasteiger partial charge on any atom is 0.0468 e. The first-order chi connectivity index (χ1) is 5.83. The van der Waals surface area contributed by atoms with Gasteiger partial charge < -0.3 is 10.4 Å². The fraction of sp³-hybridized carbons (Fsp3) is 1.00. The van der Waals surface area contributed by atoms with Crippen LogP contribution in [-0.2, 0) is 0 Å². The Morgan fingerprint density at radius 2 is 2.25 bits per heavy atom. The van der Waals surface area contributed by atoms with Crippen molar-refractivity contribution in [2.45, 2.75) is 32.6 Å². The monoisotopic (exact) mass is 171 g/mol. The van der Waals surface area contributed by atoms with Crippen LogP contribution in [0.4, 0.5) is 0 Å². The summed E-state index contributed by atoms with van der Waals surface area (Å²) in [5, 5.41) is 12.1. The lowest BCUT2D eigenvalue weighted by atomic mass is 9.83. The zero-order chi connectivity index (χ0) is 8.81. The van der Waals surface area contributed by atoms with E-state index in [9.17, 15) is 0 Å². The average molecular weight is 171 g/mol. The van der Waals surface area contributed by atoms with Gasteiger partial charge in [0.25, 0.3) is 0 Å². The molecule has 12 heavy (non-hydrogen) atoms. The summed E-state index contributed by atoms with van der Waals surface area (Å²) in [6, 6.07) is 0. The van der Waals surface area contributed by atoms with Crippen LogP contribution in [0.1, 0.15) is 32.6 Å². The minimum absolute atomic E-state index is 0.302. The molecule has 0 aromatic heterocycles. The second-order valence-electron chi connectivity index (χ2n) is 4.08. The quantitative estimate of drug-likeness (QED) is 0.592. The second kappa shape index (κ2) is 5.55. The molecule has 1 fully saturated rings. The molecule has 0 aromatic carbocycles. The SMILES string of the molecule is CC(CO)CNCCC1CCC1. The highest BCUT2D eigenvalue weighted by Gasteiger charge is 2.16. The summed E-state index contributed by atoms with van der Waals surface area (Å²) in [6.07, 6.45) is 5.66. The van der Waals surface area contributed by atoms with Crippen LogP contribution in [0.2, 0.25) is 0 Å². The number of aliphatic hydroxyl groups is 1. The van der Waals surface area contributed by atoms with Gasteiger partial charge in [-0.05, 0) is 31.3 Å². The Hall–Kier alpha value is -0.0800. The van der Waals surface area contributed by atoms with Crippen molar-refractivity contribution in [1.82, 2.24) is 5.32 Å². The van der Waals surface area contributed by atoms with Gasteiger partial charge in [-0.2, -0.15) is 0 Å². The minimum Gasteiger partial charge on any atom is -0.396 e. The Balaban J connectivity index is 1.82. The van der Waals surface area contributed by atoms with Gasteiger partial charge in [-0.15, -0.1) is 0 Å². The standard InChI is InChI=1S/C10H21NO/c1-9(8-12)7-11-6-5-10-3-2-4-10/h9-12H,2-8H2,1H3. The first-order valence-electron chi connectivity index (χ1n) is 5.14. The van der Waals surface area contributed by atoms with Gasteiger partial charge in [-0.3, -0.25) is 0 Å². The van der Waals surface area contributed by atoms with Crippen LogP contribution in [0.3, 0.4) is 0 Å². The summed E-state index contributed by atoms with van der Waals surface area (Å²) >= 11 is 0. The molecular formula is C10H21NO. The highest BCUT2D eigenvalue weighted by Crippen LogP contribution is 2.28. The van der Waals surface area contributed by atoms with Crippen molar-refractivity contribution in [2.24, 2.45) is 11.8 Å². The summed E-state index contributed by atoms with van der Waals surface area (Å²) in [7, 11) is 0. The molecule has 1 unspecified atom stereocenters. The first kappa shape index (κ1) is 10.0. The molecule has 1 rings (SSSR count).